The van der Waals surface area contributed by atoms with Gasteiger partial charge >= 0.3 is 5.97 Å². The molecule has 144 valence electrons. The van der Waals surface area contributed by atoms with Gasteiger partial charge in [0.2, 0.25) is 0 Å². The molecule has 2 aromatic rings. The second-order valence-corrected chi connectivity index (χ2v) is 8.36. The lowest BCUT2D eigenvalue weighted by atomic mass is 10.1. The minimum atomic E-state index is -1.08. The molecule has 0 aliphatic heterocycles. The van der Waals surface area contributed by atoms with Crippen molar-refractivity contribution in [3.05, 3.63) is 62.6 Å². The molecule has 1 amide bonds. The highest BCUT2D eigenvalue weighted by Gasteiger charge is 2.20. The molecule has 0 aliphatic carbocycles. The maximum atomic E-state index is 12.3. The Morgan fingerprint density at radius 3 is 2.44 bits per heavy atom. The fourth-order valence-corrected chi connectivity index (χ4v) is 3.40. The van der Waals surface area contributed by atoms with Crippen LogP contribution in [0.25, 0.3) is 0 Å². The number of rotatable bonds is 6. The van der Waals surface area contributed by atoms with E-state index in [1.807, 2.05) is 0 Å². The van der Waals surface area contributed by atoms with Gasteiger partial charge < -0.3 is 10.1 Å². The van der Waals surface area contributed by atoms with Crippen LogP contribution in [-0.4, -0.2) is 28.4 Å². The second-order valence-electron chi connectivity index (χ2n) is 5.70. The van der Waals surface area contributed by atoms with E-state index in [4.69, 9.17) is 39.5 Å². The number of carbonyl (C=O) groups excluding carboxylic acids is 2. The van der Waals surface area contributed by atoms with Crippen LogP contribution >= 0.6 is 34.8 Å². The molecule has 1 N–H and O–H groups in total. The topological polar surface area (TPSA) is 72.5 Å². The van der Waals surface area contributed by atoms with Gasteiger partial charge in [0, 0.05) is 22.8 Å². The average molecular weight is 449 g/mol. The van der Waals surface area contributed by atoms with Crippen molar-refractivity contribution in [1.29, 1.82) is 0 Å². The van der Waals surface area contributed by atoms with Crippen LogP contribution in [0, 0.1) is 0 Å². The molecule has 0 radical (unpaired) electrons. The Bertz CT molecular complexity index is 904. The molecule has 2 aromatic carbocycles. The zero-order valence-electron chi connectivity index (χ0n) is 14.4. The molecule has 0 fully saturated rings. The molecule has 0 heterocycles. The lowest BCUT2D eigenvalue weighted by molar-refractivity contribution is -0.123. The molecule has 9 heteroatoms. The fraction of sp³-hybridized carbons (Fsp3) is 0.222. The lowest BCUT2D eigenvalue weighted by Gasteiger charge is -2.15. The predicted octanol–water partition coefficient (Wildman–Crippen LogP) is 4.71. The molecule has 0 saturated heterocycles. The highest BCUT2D eigenvalue weighted by Crippen LogP contribution is 2.32. The van der Waals surface area contributed by atoms with Crippen molar-refractivity contribution in [3.8, 4) is 0 Å². The highest BCUT2D eigenvalue weighted by atomic mass is 35.5. The highest BCUT2D eigenvalue weighted by molar-refractivity contribution is 7.83. The van der Waals surface area contributed by atoms with E-state index in [0.29, 0.717) is 5.75 Å². The first-order valence-electron chi connectivity index (χ1n) is 7.72. The summed E-state index contributed by atoms with van der Waals surface area (Å²) in [5.74, 6) is -0.913. The van der Waals surface area contributed by atoms with Crippen LogP contribution in [0.15, 0.2) is 36.4 Å². The molecular formula is C18H16Cl3NO4S. The molecule has 5 nitrogen and oxygen atoms in total. The Labute approximate surface area is 174 Å². The summed E-state index contributed by atoms with van der Waals surface area (Å²) in [5.41, 5.74) is 1.27. The van der Waals surface area contributed by atoms with E-state index < -0.39 is 28.8 Å². The number of benzene rings is 2. The molecule has 0 bridgehead atoms. The Hall–Kier alpha value is -1.60. The van der Waals surface area contributed by atoms with Gasteiger partial charge in [-0.1, -0.05) is 46.9 Å². The van der Waals surface area contributed by atoms with Crippen LogP contribution < -0.4 is 5.32 Å². The standard InChI is InChI=1S/C18H16Cl3NO4S/c1-10(17(23)22-16-8-14(20)13(19)7-15(16)21)26-18(24)12-5-3-4-11(6-12)9-27(2)25/h3-8,10H,9H2,1-2H3,(H,22,23). The predicted molar refractivity (Wildman–Crippen MR) is 109 cm³/mol. The van der Waals surface area contributed by atoms with Crippen LogP contribution in [0.4, 0.5) is 5.69 Å². The first-order chi connectivity index (χ1) is 12.7. The van der Waals surface area contributed by atoms with Gasteiger partial charge in [-0.25, -0.2) is 4.79 Å². The van der Waals surface area contributed by atoms with Crippen molar-refractivity contribution < 1.29 is 18.5 Å². The van der Waals surface area contributed by atoms with Gasteiger partial charge in [-0.15, -0.1) is 0 Å². The van der Waals surface area contributed by atoms with Gasteiger partial charge in [-0.3, -0.25) is 9.00 Å². The number of hydrogen-bond donors (Lipinski definition) is 1. The quantitative estimate of drug-likeness (QED) is 0.513. The van der Waals surface area contributed by atoms with Crippen molar-refractivity contribution in [2.75, 3.05) is 11.6 Å². The van der Waals surface area contributed by atoms with E-state index in [0.717, 1.165) is 5.56 Å². The summed E-state index contributed by atoms with van der Waals surface area (Å²) in [6.07, 6.45) is 0.498. The van der Waals surface area contributed by atoms with Crippen LogP contribution in [0.3, 0.4) is 0 Å². The maximum absolute atomic E-state index is 12.3. The third kappa shape index (κ3) is 6.21. The van der Waals surface area contributed by atoms with E-state index in [9.17, 15) is 13.8 Å². The lowest BCUT2D eigenvalue weighted by Crippen LogP contribution is -2.30. The van der Waals surface area contributed by atoms with Gasteiger partial charge in [0.15, 0.2) is 6.10 Å². The number of esters is 1. The van der Waals surface area contributed by atoms with Crippen LogP contribution in [0.2, 0.25) is 15.1 Å². The van der Waals surface area contributed by atoms with Crippen LogP contribution in [0.1, 0.15) is 22.8 Å². The second kappa shape index (κ2) is 9.55. The molecule has 0 aliphatic rings. The molecule has 2 unspecified atom stereocenters. The molecule has 2 rings (SSSR count). The van der Waals surface area contributed by atoms with E-state index in [1.54, 1.807) is 30.5 Å². The largest absolute Gasteiger partial charge is 0.449 e. The molecule has 0 saturated carbocycles. The van der Waals surface area contributed by atoms with Crippen LogP contribution in [-0.2, 0) is 26.1 Å². The zero-order valence-corrected chi connectivity index (χ0v) is 17.5. The monoisotopic (exact) mass is 447 g/mol. The van der Waals surface area contributed by atoms with Gasteiger partial charge in [-0.05, 0) is 36.8 Å². The Morgan fingerprint density at radius 1 is 1.11 bits per heavy atom. The van der Waals surface area contributed by atoms with E-state index in [2.05, 4.69) is 5.32 Å². The molecule has 2 atom stereocenters. The molecule has 0 aromatic heterocycles. The van der Waals surface area contributed by atoms with Crippen molar-refractivity contribution in [2.24, 2.45) is 0 Å². The Balaban J connectivity index is 2.05. The normalized spacial score (nSPS) is 12.9. The van der Waals surface area contributed by atoms with E-state index in [1.165, 1.54) is 19.1 Å². The van der Waals surface area contributed by atoms with Crippen molar-refractivity contribution >= 4 is 63.2 Å². The summed E-state index contributed by atoms with van der Waals surface area (Å²) in [4.78, 5) is 24.5. The number of hydrogen-bond acceptors (Lipinski definition) is 4. The van der Waals surface area contributed by atoms with Gasteiger partial charge in [0.25, 0.3) is 5.91 Å². The summed E-state index contributed by atoms with van der Waals surface area (Å²) in [7, 11) is -1.03. The summed E-state index contributed by atoms with van der Waals surface area (Å²) >= 11 is 17.8. The summed E-state index contributed by atoms with van der Waals surface area (Å²) in [6, 6.07) is 9.39. The Morgan fingerprint density at radius 2 is 1.78 bits per heavy atom. The number of amides is 1. The SMILES string of the molecule is CC(OC(=O)c1cccc(CS(C)=O)c1)C(=O)Nc1cc(Cl)c(Cl)cc1Cl. The number of halogens is 3. The van der Waals surface area contributed by atoms with Gasteiger partial charge in [-0.2, -0.15) is 0 Å². The Kier molecular flexibility index (Phi) is 7.68. The first-order valence-corrected chi connectivity index (χ1v) is 10.6. The van der Waals surface area contributed by atoms with Crippen molar-refractivity contribution in [3.63, 3.8) is 0 Å². The number of carbonyl (C=O) groups is 2. The maximum Gasteiger partial charge on any atom is 0.338 e. The third-order valence-corrected chi connectivity index (χ3v) is 5.23. The minimum Gasteiger partial charge on any atom is -0.449 e. The average Bonchev–Trinajstić information content (AvgIpc) is 2.59. The van der Waals surface area contributed by atoms with Crippen molar-refractivity contribution in [1.82, 2.24) is 0 Å². The van der Waals surface area contributed by atoms with E-state index in [-0.39, 0.29) is 26.3 Å². The van der Waals surface area contributed by atoms with E-state index >= 15 is 0 Å². The summed E-state index contributed by atoms with van der Waals surface area (Å²) in [5, 5.41) is 3.23. The molecular weight excluding hydrogens is 433 g/mol. The first kappa shape index (κ1) is 21.7. The number of ether oxygens (including phenoxy) is 1. The summed E-state index contributed by atoms with van der Waals surface area (Å²) in [6.45, 7) is 1.43. The summed E-state index contributed by atoms with van der Waals surface area (Å²) < 4.78 is 16.5. The smallest absolute Gasteiger partial charge is 0.338 e. The van der Waals surface area contributed by atoms with Crippen LogP contribution in [0.5, 0.6) is 0 Å². The fourth-order valence-electron chi connectivity index (χ4n) is 2.16. The van der Waals surface area contributed by atoms with Gasteiger partial charge in [0.1, 0.15) is 0 Å². The number of anilines is 1. The van der Waals surface area contributed by atoms with Crippen molar-refractivity contribution in [2.45, 2.75) is 18.8 Å². The third-order valence-electron chi connectivity index (χ3n) is 3.45. The number of nitrogens with one attached hydrogen (secondary N) is 1. The molecule has 27 heavy (non-hydrogen) atoms. The minimum absolute atomic E-state index is 0.205. The zero-order chi connectivity index (χ0) is 20.1. The molecule has 0 spiro atoms. The van der Waals surface area contributed by atoms with Gasteiger partial charge in [0.05, 0.1) is 26.3 Å².